The van der Waals surface area contributed by atoms with Gasteiger partial charge in [0.1, 0.15) is 31.4 Å². The second-order valence-electron chi connectivity index (χ2n) is 8.30. The van der Waals surface area contributed by atoms with Crippen LogP contribution in [-0.2, 0) is 5.54 Å². The minimum absolute atomic E-state index is 0.235. The average Bonchev–Trinajstić information content (AvgIpc) is 3.15. The van der Waals surface area contributed by atoms with E-state index in [2.05, 4.69) is 20.3 Å². The molecule has 0 saturated heterocycles. The van der Waals surface area contributed by atoms with Crippen LogP contribution in [0.4, 0.5) is 5.82 Å². The van der Waals surface area contributed by atoms with Crippen LogP contribution in [0.2, 0.25) is 0 Å². The van der Waals surface area contributed by atoms with Crippen LogP contribution in [0.1, 0.15) is 29.9 Å². The fraction of sp³-hybridized carbons (Fsp3) is 0.227. The number of hydrogen-bond acceptors (Lipinski definition) is 6. The number of pyridine rings is 1. The molecule has 31 heavy (non-hydrogen) atoms. The summed E-state index contributed by atoms with van der Waals surface area (Å²) in [6.07, 6.45) is 3.06. The zero-order chi connectivity index (χ0) is 22.2. The second kappa shape index (κ2) is 7.83. The Kier molecular flexibility index (Phi) is 5.18. The highest BCUT2D eigenvalue weighted by molar-refractivity contribution is 6.32. The summed E-state index contributed by atoms with van der Waals surface area (Å²) < 4.78 is 1.81. The zero-order valence-corrected chi connectivity index (χ0v) is 18.0. The number of aryl methyl sites for hydroxylation is 1. The predicted octanol–water partition coefficient (Wildman–Crippen LogP) is 1.20. The van der Waals surface area contributed by atoms with Crippen LogP contribution in [-0.4, -0.2) is 45.0 Å². The molecule has 0 aliphatic heterocycles. The molecule has 4 aromatic rings. The molecule has 0 spiro atoms. The lowest BCUT2D eigenvalue weighted by Crippen LogP contribution is -2.41. The fourth-order valence-electron chi connectivity index (χ4n) is 3.43. The Hall–Kier alpha value is -3.75. The van der Waals surface area contributed by atoms with E-state index in [-0.39, 0.29) is 5.91 Å². The van der Waals surface area contributed by atoms with Crippen molar-refractivity contribution in [2.75, 3.05) is 12.3 Å². The molecular formula is C22H24BN7O. The highest BCUT2D eigenvalue weighted by Crippen LogP contribution is 2.32. The lowest BCUT2D eigenvalue weighted by molar-refractivity contribution is 0.0931. The summed E-state index contributed by atoms with van der Waals surface area (Å²) in [5.41, 5.74) is 10.4. The third-order valence-corrected chi connectivity index (χ3v) is 5.22. The summed E-state index contributed by atoms with van der Waals surface area (Å²) in [7, 11) is 1.93. The standard InChI is InChI=1S/C22H24BN7O/c1-13-4-6-14(7-5-13)18-17-19(24)27-12-28-20(17)30(29-18)22(2,3)11-26-21(31)16-10-15(23)8-9-25-16/h4-10,12H,11,23H2,1-3H3,(H,26,31)(H2,24,27,28). The monoisotopic (exact) mass is 413 g/mol. The molecule has 4 rings (SSSR count). The van der Waals surface area contributed by atoms with E-state index in [0.717, 1.165) is 16.6 Å². The van der Waals surface area contributed by atoms with Gasteiger partial charge in [0.05, 0.1) is 10.9 Å². The fourth-order valence-corrected chi connectivity index (χ4v) is 3.43. The lowest BCUT2D eigenvalue weighted by Gasteiger charge is -2.26. The van der Waals surface area contributed by atoms with Gasteiger partial charge < -0.3 is 11.1 Å². The van der Waals surface area contributed by atoms with Crippen LogP contribution in [0.15, 0.2) is 48.9 Å². The van der Waals surface area contributed by atoms with E-state index in [4.69, 9.17) is 10.8 Å². The van der Waals surface area contributed by atoms with Gasteiger partial charge in [0.2, 0.25) is 0 Å². The van der Waals surface area contributed by atoms with Crippen molar-refractivity contribution in [2.24, 2.45) is 0 Å². The Bertz CT molecular complexity index is 1260. The van der Waals surface area contributed by atoms with Crippen molar-refractivity contribution < 1.29 is 4.79 Å². The van der Waals surface area contributed by atoms with Gasteiger partial charge in [-0.1, -0.05) is 41.4 Å². The maximum Gasteiger partial charge on any atom is 0.269 e. The lowest BCUT2D eigenvalue weighted by atomic mass is 9.97. The molecule has 0 fully saturated rings. The smallest absolute Gasteiger partial charge is 0.269 e. The van der Waals surface area contributed by atoms with E-state index in [1.165, 1.54) is 6.33 Å². The quantitative estimate of drug-likeness (QED) is 0.476. The molecule has 0 radical (unpaired) electrons. The third-order valence-electron chi connectivity index (χ3n) is 5.22. The molecule has 3 N–H and O–H groups in total. The number of carbonyl (C=O) groups excluding carboxylic acids is 1. The van der Waals surface area contributed by atoms with Gasteiger partial charge >= 0.3 is 0 Å². The van der Waals surface area contributed by atoms with E-state index in [1.54, 1.807) is 16.9 Å². The first kappa shape index (κ1) is 20.5. The summed E-state index contributed by atoms with van der Waals surface area (Å²) in [5, 5.41) is 8.52. The number of fused-ring (bicyclic) bond motifs is 1. The van der Waals surface area contributed by atoms with Crippen molar-refractivity contribution in [1.29, 1.82) is 0 Å². The Morgan fingerprint density at radius 1 is 1.16 bits per heavy atom. The van der Waals surface area contributed by atoms with Crippen LogP contribution in [0.25, 0.3) is 22.3 Å². The van der Waals surface area contributed by atoms with E-state index < -0.39 is 5.54 Å². The van der Waals surface area contributed by atoms with Crippen molar-refractivity contribution in [1.82, 2.24) is 30.0 Å². The largest absolute Gasteiger partial charge is 0.383 e. The van der Waals surface area contributed by atoms with Gasteiger partial charge in [-0.15, -0.1) is 0 Å². The molecular weight excluding hydrogens is 389 g/mol. The molecule has 0 aliphatic rings. The number of nitrogens with one attached hydrogen (secondary N) is 1. The number of nitrogen functional groups attached to an aromatic ring is 1. The number of rotatable bonds is 5. The SMILES string of the molecule is Bc1ccnc(C(=O)NCC(C)(C)n2nc(-c3ccc(C)cc3)c3c(N)ncnc32)c1. The maximum atomic E-state index is 12.6. The summed E-state index contributed by atoms with van der Waals surface area (Å²) in [4.78, 5) is 25.4. The topological polar surface area (TPSA) is 112 Å². The van der Waals surface area contributed by atoms with Crippen molar-refractivity contribution in [3.05, 3.63) is 60.2 Å². The van der Waals surface area contributed by atoms with E-state index in [0.29, 0.717) is 34.8 Å². The number of aromatic nitrogens is 5. The van der Waals surface area contributed by atoms with Crippen molar-refractivity contribution in [3.8, 4) is 11.3 Å². The van der Waals surface area contributed by atoms with E-state index in [1.807, 2.05) is 58.9 Å². The number of anilines is 1. The molecule has 0 unspecified atom stereocenters. The van der Waals surface area contributed by atoms with Crippen molar-refractivity contribution >= 4 is 36.1 Å². The Labute approximate surface area is 181 Å². The summed E-state index contributed by atoms with van der Waals surface area (Å²) in [6, 6.07) is 11.7. The number of nitrogens with zero attached hydrogens (tertiary/aromatic N) is 5. The van der Waals surface area contributed by atoms with E-state index in [9.17, 15) is 4.79 Å². The first-order valence-electron chi connectivity index (χ1n) is 10.0. The Morgan fingerprint density at radius 2 is 1.90 bits per heavy atom. The molecule has 0 saturated carbocycles. The van der Waals surface area contributed by atoms with Crippen molar-refractivity contribution in [3.63, 3.8) is 0 Å². The molecule has 0 atom stereocenters. The number of carbonyl (C=O) groups is 1. The van der Waals surface area contributed by atoms with Gasteiger partial charge in [-0.3, -0.25) is 9.78 Å². The minimum Gasteiger partial charge on any atom is -0.383 e. The van der Waals surface area contributed by atoms with Crippen molar-refractivity contribution in [2.45, 2.75) is 26.3 Å². The van der Waals surface area contributed by atoms with Crippen LogP contribution in [0, 0.1) is 6.92 Å². The number of nitrogens with two attached hydrogens (primary N) is 1. The van der Waals surface area contributed by atoms with Gasteiger partial charge in [0.15, 0.2) is 5.65 Å². The first-order valence-corrected chi connectivity index (χ1v) is 10.0. The zero-order valence-electron chi connectivity index (χ0n) is 18.0. The molecule has 9 heteroatoms. The normalized spacial score (nSPS) is 11.6. The maximum absolute atomic E-state index is 12.6. The summed E-state index contributed by atoms with van der Waals surface area (Å²) in [6.45, 7) is 6.34. The predicted molar refractivity (Wildman–Crippen MR) is 124 cm³/mol. The van der Waals surface area contributed by atoms with Gasteiger partial charge in [-0.25, -0.2) is 14.6 Å². The van der Waals surface area contributed by atoms with Crippen LogP contribution >= 0.6 is 0 Å². The van der Waals surface area contributed by atoms with Crippen LogP contribution in [0.5, 0.6) is 0 Å². The molecule has 156 valence electrons. The Morgan fingerprint density at radius 3 is 2.61 bits per heavy atom. The van der Waals surface area contributed by atoms with Gasteiger partial charge in [0.25, 0.3) is 5.91 Å². The minimum atomic E-state index is -0.582. The third kappa shape index (κ3) is 3.99. The summed E-state index contributed by atoms with van der Waals surface area (Å²) in [5.74, 6) is 0.136. The molecule has 0 aliphatic carbocycles. The molecule has 0 bridgehead atoms. The molecule has 8 nitrogen and oxygen atoms in total. The average molecular weight is 413 g/mol. The molecule has 3 heterocycles. The first-order chi connectivity index (χ1) is 14.8. The van der Waals surface area contributed by atoms with Gasteiger partial charge in [-0.05, 0) is 26.8 Å². The molecule has 1 amide bonds. The molecule has 1 aromatic carbocycles. The molecule has 3 aromatic heterocycles. The van der Waals surface area contributed by atoms with E-state index >= 15 is 0 Å². The van der Waals surface area contributed by atoms with Crippen LogP contribution in [0.3, 0.4) is 0 Å². The highest BCUT2D eigenvalue weighted by atomic mass is 16.1. The Balaban J connectivity index is 1.70. The van der Waals surface area contributed by atoms with Gasteiger partial charge in [-0.2, -0.15) is 5.10 Å². The highest BCUT2D eigenvalue weighted by Gasteiger charge is 2.28. The summed E-state index contributed by atoms with van der Waals surface area (Å²) >= 11 is 0. The number of hydrogen-bond donors (Lipinski definition) is 2. The number of amides is 1. The second-order valence-corrected chi connectivity index (χ2v) is 8.30. The van der Waals surface area contributed by atoms with Crippen LogP contribution < -0.4 is 16.5 Å². The number of benzene rings is 1. The van der Waals surface area contributed by atoms with Gasteiger partial charge in [0, 0.05) is 18.3 Å².